The number of hydrogen-bond donors (Lipinski definition) is 1. The number of hydrogen-bond acceptors (Lipinski definition) is 1. The van der Waals surface area contributed by atoms with E-state index in [4.69, 9.17) is 0 Å². The molecule has 0 unspecified atom stereocenters. The minimum absolute atomic E-state index is 0.560. The predicted molar refractivity (Wildman–Crippen MR) is 65.4 cm³/mol. The van der Waals surface area contributed by atoms with Crippen molar-refractivity contribution in [2.24, 2.45) is 0 Å². The minimum Gasteiger partial charge on any atom is -0.347 e. The van der Waals surface area contributed by atoms with Crippen molar-refractivity contribution in [1.29, 1.82) is 0 Å². The minimum atomic E-state index is -4.29. The Hall–Kier alpha value is -1.49. The number of halogens is 3. The van der Waals surface area contributed by atoms with Gasteiger partial charge in [-0.2, -0.15) is 13.2 Å². The summed E-state index contributed by atoms with van der Waals surface area (Å²) < 4.78 is 40.1. The van der Waals surface area contributed by atoms with Crippen LogP contribution in [-0.4, -0.2) is 11.6 Å². The average molecular weight is 256 g/mol. The van der Waals surface area contributed by atoms with E-state index in [2.05, 4.69) is 5.32 Å². The van der Waals surface area contributed by atoms with Crippen molar-refractivity contribution < 1.29 is 13.2 Å². The maximum Gasteiger partial charge on any atom is 0.416 e. The van der Waals surface area contributed by atoms with E-state index in [-0.39, 0.29) is 0 Å². The fraction of sp³-hybridized carbons (Fsp3) is 0.385. The van der Waals surface area contributed by atoms with Crippen LogP contribution in [0, 0.1) is 0 Å². The van der Waals surface area contributed by atoms with E-state index >= 15 is 0 Å². The fourth-order valence-electron chi connectivity index (χ4n) is 2.14. The molecule has 1 aromatic heterocycles. The molecule has 18 heavy (non-hydrogen) atoms. The number of rotatable bonds is 3. The molecule has 0 aliphatic rings. The second-order valence-corrected chi connectivity index (χ2v) is 4.20. The molecule has 0 fully saturated rings. The van der Waals surface area contributed by atoms with Crippen molar-refractivity contribution in [3.05, 3.63) is 35.5 Å². The van der Waals surface area contributed by atoms with Gasteiger partial charge in [-0.05, 0) is 37.7 Å². The Balaban J connectivity index is 2.63. The van der Waals surface area contributed by atoms with E-state index in [0.29, 0.717) is 11.9 Å². The lowest BCUT2D eigenvalue weighted by molar-refractivity contribution is -0.137. The van der Waals surface area contributed by atoms with Crippen LogP contribution in [0.15, 0.2) is 24.4 Å². The van der Waals surface area contributed by atoms with E-state index in [1.807, 2.05) is 17.7 Å². The molecule has 0 amide bonds. The molecule has 0 bridgehead atoms. The average Bonchev–Trinajstić information content (AvgIpc) is 2.66. The highest BCUT2D eigenvalue weighted by Gasteiger charge is 2.30. The molecule has 1 N–H and O–H groups in total. The molecule has 0 aliphatic carbocycles. The van der Waals surface area contributed by atoms with Gasteiger partial charge < -0.3 is 9.88 Å². The van der Waals surface area contributed by atoms with Crippen molar-refractivity contribution in [2.45, 2.75) is 26.2 Å². The lowest BCUT2D eigenvalue weighted by Crippen LogP contribution is -2.06. The number of aromatic nitrogens is 1. The molecule has 0 atom stereocenters. The first kappa shape index (κ1) is 13.0. The highest BCUT2D eigenvalue weighted by Crippen LogP contribution is 2.33. The third kappa shape index (κ3) is 2.22. The van der Waals surface area contributed by atoms with Gasteiger partial charge in [0.25, 0.3) is 0 Å². The fourth-order valence-corrected chi connectivity index (χ4v) is 2.14. The first-order chi connectivity index (χ1) is 8.47. The summed E-state index contributed by atoms with van der Waals surface area (Å²) in [6, 6.07) is 3.91. The highest BCUT2D eigenvalue weighted by molar-refractivity contribution is 5.84. The monoisotopic (exact) mass is 256 g/mol. The smallest absolute Gasteiger partial charge is 0.347 e. The van der Waals surface area contributed by atoms with Crippen LogP contribution >= 0.6 is 0 Å². The van der Waals surface area contributed by atoms with Gasteiger partial charge in [0.05, 0.1) is 5.56 Å². The van der Waals surface area contributed by atoms with Crippen LogP contribution in [0.1, 0.15) is 18.1 Å². The largest absolute Gasteiger partial charge is 0.416 e. The number of aryl methyl sites for hydroxylation is 1. The molecule has 1 heterocycles. The van der Waals surface area contributed by atoms with E-state index < -0.39 is 11.7 Å². The zero-order chi connectivity index (χ0) is 13.3. The summed E-state index contributed by atoms with van der Waals surface area (Å²) >= 11 is 0. The molecule has 2 aromatic rings. The quantitative estimate of drug-likeness (QED) is 0.890. The summed E-state index contributed by atoms with van der Waals surface area (Å²) in [5, 5.41) is 3.64. The Morgan fingerprint density at radius 3 is 2.56 bits per heavy atom. The van der Waals surface area contributed by atoms with Gasteiger partial charge in [0.15, 0.2) is 0 Å². The number of fused-ring (bicyclic) bond motifs is 1. The Labute approximate surface area is 103 Å². The highest BCUT2D eigenvalue weighted by atomic mass is 19.4. The van der Waals surface area contributed by atoms with Gasteiger partial charge in [0, 0.05) is 30.2 Å². The summed E-state index contributed by atoms with van der Waals surface area (Å²) in [6.07, 6.45) is -2.39. The molecule has 2 rings (SSSR count). The zero-order valence-electron chi connectivity index (χ0n) is 10.3. The van der Waals surface area contributed by atoms with E-state index in [1.165, 1.54) is 6.07 Å². The third-order valence-electron chi connectivity index (χ3n) is 3.00. The molecule has 0 radical (unpaired) electrons. The SMILES string of the molecule is CCn1cc(CNC)c2cc(C(F)(F)F)ccc21. The Morgan fingerprint density at radius 1 is 1.28 bits per heavy atom. The van der Waals surface area contributed by atoms with Gasteiger partial charge in [0.2, 0.25) is 0 Å². The van der Waals surface area contributed by atoms with Gasteiger partial charge in [0.1, 0.15) is 0 Å². The van der Waals surface area contributed by atoms with E-state index in [9.17, 15) is 13.2 Å². The lowest BCUT2D eigenvalue weighted by Gasteiger charge is -2.07. The van der Waals surface area contributed by atoms with Crippen molar-refractivity contribution in [2.75, 3.05) is 7.05 Å². The topological polar surface area (TPSA) is 17.0 Å². The van der Waals surface area contributed by atoms with Crippen LogP contribution in [-0.2, 0) is 19.3 Å². The first-order valence-electron chi connectivity index (χ1n) is 5.81. The van der Waals surface area contributed by atoms with Crippen LogP contribution < -0.4 is 5.32 Å². The number of nitrogens with one attached hydrogen (secondary N) is 1. The molecule has 2 nitrogen and oxygen atoms in total. The molecule has 0 saturated carbocycles. The van der Waals surface area contributed by atoms with E-state index in [1.54, 1.807) is 13.1 Å². The van der Waals surface area contributed by atoms with Crippen LogP contribution in [0.25, 0.3) is 10.9 Å². The van der Waals surface area contributed by atoms with Crippen LogP contribution in [0.2, 0.25) is 0 Å². The van der Waals surface area contributed by atoms with Gasteiger partial charge in [-0.1, -0.05) is 0 Å². The van der Waals surface area contributed by atoms with Crippen LogP contribution in [0.3, 0.4) is 0 Å². The Kier molecular flexibility index (Phi) is 3.34. The van der Waals surface area contributed by atoms with Crippen LogP contribution in [0.4, 0.5) is 13.2 Å². The van der Waals surface area contributed by atoms with Gasteiger partial charge >= 0.3 is 6.18 Å². The third-order valence-corrected chi connectivity index (χ3v) is 3.00. The standard InChI is InChI=1S/C13H15F3N2/c1-3-18-8-9(7-17-2)11-6-10(13(14,15)16)4-5-12(11)18/h4-6,8,17H,3,7H2,1-2H3. The second-order valence-electron chi connectivity index (χ2n) is 4.20. The van der Waals surface area contributed by atoms with Crippen molar-refractivity contribution in [3.63, 3.8) is 0 Å². The maximum atomic E-state index is 12.7. The molecule has 0 saturated heterocycles. The number of benzene rings is 1. The number of alkyl halides is 3. The van der Waals surface area contributed by atoms with E-state index in [0.717, 1.165) is 23.7 Å². The van der Waals surface area contributed by atoms with Crippen molar-refractivity contribution >= 4 is 10.9 Å². The molecule has 0 aliphatic heterocycles. The van der Waals surface area contributed by atoms with Crippen molar-refractivity contribution in [3.8, 4) is 0 Å². The molecule has 1 aromatic carbocycles. The van der Waals surface area contributed by atoms with Crippen LogP contribution in [0.5, 0.6) is 0 Å². The summed E-state index contributed by atoms with van der Waals surface area (Å²) in [5.41, 5.74) is 1.14. The maximum absolute atomic E-state index is 12.7. The zero-order valence-corrected chi connectivity index (χ0v) is 10.3. The normalized spacial score (nSPS) is 12.3. The molecular formula is C13H15F3N2. The predicted octanol–water partition coefficient (Wildman–Crippen LogP) is 3.40. The van der Waals surface area contributed by atoms with Crippen molar-refractivity contribution in [1.82, 2.24) is 9.88 Å². The molecule has 0 spiro atoms. The summed E-state index contributed by atoms with van der Waals surface area (Å²) in [4.78, 5) is 0. The first-order valence-corrected chi connectivity index (χ1v) is 5.81. The molecule has 5 heteroatoms. The van der Waals surface area contributed by atoms with Gasteiger partial charge in [-0.3, -0.25) is 0 Å². The lowest BCUT2D eigenvalue weighted by atomic mass is 10.1. The summed E-state index contributed by atoms with van der Waals surface area (Å²) in [7, 11) is 1.78. The molecular weight excluding hydrogens is 241 g/mol. The second kappa shape index (κ2) is 4.65. The number of nitrogens with zero attached hydrogens (tertiary/aromatic N) is 1. The van der Waals surface area contributed by atoms with Gasteiger partial charge in [-0.15, -0.1) is 0 Å². The Bertz CT molecular complexity index is 555. The summed E-state index contributed by atoms with van der Waals surface area (Å²) in [5.74, 6) is 0. The Morgan fingerprint density at radius 2 is 2.00 bits per heavy atom. The van der Waals surface area contributed by atoms with Gasteiger partial charge in [-0.25, -0.2) is 0 Å². The summed E-state index contributed by atoms with van der Waals surface area (Å²) in [6.45, 7) is 3.27. The molecule has 98 valence electrons.